The minimum atomic E-state index is -2.85. The predicted octanol–water partition coefficient (Wildman–Crippen LogP) is 3.88. The van der Waals surface area contributed by atoms with Gasteiger partial charge in [-0.2, -0.15) is 8.78 Å². The summed E-state index contributed by atoms with van der Waals surface area (Å²) >= 11 is 0. The van der Waals surface area contributed by atoms with Gasteiger partial charge >= 0.3 is 6.61 Å². The van der Waals surface area contributed by atoms with Gasteiger partial charge in [0.1, 0.15) is 11.5 Å². The highest BCUT2D eigenvalue weighted by atomic mass is 19.3. The van der Waals surface area contributed by atoms with Gasteiger partial charge < -0.3 is 14.4 Å². The highest BCUT2D eigenvalue weighted by Gasteiger charge is 2.14. The number of amides is 1. The Balaban J connectivity index is 2.06. The number of aryl methyl sites for hydroxylation is 1. The van der Waals surface area contributed by atoms with Crippen molar-refractivity contribution >= 4 is 5.91 Å². The number of hydrogen-bond acceptors (Lipinski definition) is 3. The molecule has 0 radical (unpaired) electrons. The third-order valence-electron chi connectivity index (χ3n) is 3.57. The lowest BCUT2D eigenvalue weighted by Crippen LogP contribution is -2.26. The smallest absolute Gasteiger partial charge is 0.387 e. The number of rotatable bonds is 6. The van der Waals surface area contributed by atoms with Crippen LogP contribution < -0.4 is 9.47 Å². The zero-order valence-corrected chi connectivity index (χ0v) is 13.8. The van der Waals surface area contributed by atoms with Gasteiger partial charge in [0.15, 0.2) is 0 Å². The number of alkyl halides is 2. The summed E-state index contributed by atoms with van der Waals surface area (Å²) in [5.74, 6) is 0.593. The van der Waals surface area contributed by atoms with E-state index in [4.69, 9.17) is 4.74 Å². The van der Waals surface area contributed by atoms with Crippen LogP contribution in [-0.2, 0) is 6.54 Å². The number of carbonyl (C=O) groups is 1. The first kappa shape index (κ1) is 17.7. The Morgan fingerprint density at radius 1 is 1.17 bits per heavy atom. The van der Waals surface area contributed by atoms with Gasteiger partial charge in [-0.25, -0.2) is 0 Å². The fourth-order valence-corrected chi connectivity index (χ4v) is 2.30. The molecular weight excluding hydrogens is 316 g/mol. The summed E-state index contributed by atoms with van der Waals surface area (Å²) in [6, 6.07) is 11.5. The Morgan fingerprint density at radius 2 is 1.83 bits per heavy atom. The van der Waals surface area contributed by atoms with Crippen LogP contribution in [0.3, 0.4) is 0 Å². The number of benzene rings is 2. The number of carbonyl (C=O) groups excluding carboxylic acids is 1. The summed E-state index contributed by atoms with van der Waals surface area (Å²) in [5.41, 5.74) is 2.29. The largest absolute Gasteiger partial charge is 0.496 e. The average Bonchev–Trinajstić information content (AvgIpc) is 2.56. The standard InChI is InChI=1S/C18H19F2NO3/c1-12-4-7-14(10-16(12)23-3)17(22)21(2)11-13-5-8-15(9-6-13)24-18(19)20/h4-10,18H,11H2,1-3H3. The van der Waals surface area contributed by atoms with Crippen LogP contribution in [0.4, 0.5) is 8.78 Å². The maximum Gasteiger partial charge on any atom is 0.387 e. The molecule has 2 aromatic rings. The molecule has 0 saturated heterocycles. The summed E-state index contributed by atoms with van der Waals surface area (Å²) < 4.78 is 33.8. The molecular formula is C18H19F2NO3. The van der Waals surface area contributed by atoms with E-state index in [1.807, 2.05) is 13.0 Å². The van der Waals surface area contributed by atoms with E-state index in [-0.39, 0.29) is 11.7 Å². The zero-order chi connectivity index (χ0) is 17.7. The molecule has 0 unspecified atom stereocenters. The SMILES string of the molecule is COc1cc(C(=O)N(C)Cc2ccc(OC(F)F)cc2)ccc1C. The third-order valence-corrected chi connectivity index (χ3v) is 3.57. The topological polar surface area (TPSA) is 38.8 Å². The Labute approximate surface area is 139 Å². The van der Waals surface area contributed by atoms with Crippen LogP contribution in [0.5, 0.6) is 11.5 Å². The molecule has 0 fully saturated rings. The van der Waals surface area contributed by atoms with Crippen molar-refractivity contribution in [2.75, 3.05) is 14.2 Å². The molecule has 0 N–H and O–H groups in total. The maximum absolute atomic E-state index is 12.5. The monoisotopic (exact) mass is 335 g/mol. The van der Waals surface area contributed by atoms with Gasteiger partial charge in [0.05, 0.1) is 7.11 Å². The first-order valence-corrected chi connectivity index (χ1v) is 7.34. The van der Waals surface area contributed by atoms with E-state index in [9.17, 15) is 13.6 Å². The van der Waals surface area contributed by atoms with Gasteiger partial charge in [-0.05, 0) is 42.3 Å². The van der Waals surface area contributed by atoms with Gasteiger partial charge in [-0.15, -0.1) is 0 Å². The lowest BCUT2D eigenvalue weighted by Gasteiger charge is -2.18. The maximum atomic E-state index is 12.5. The molecule has 0 heterocycles. The summed E-state index contributed by atoms with van der Waals surface area (Å²) in [5, 5.41) is 0. The molecule has 0 aromatic heterocycles. The number of hydrogen-bond donors (Lipinski definition) is 0. The van der Waals surface area contributed by atoms with Gasteiger partial charge in [-0.3, -0.25) is 4.79 Å². The van der Waals surface area contributed by atoms with E-state index in [2.05, 4.69) is 4.74 Å². The van der Waals surface area contributed by atoms with Crippen molar-refractivity contribution in [2.24, 2.45) is 0 Å². The molecule has 0 saturated carbocycles. The summed E-state index contributed by atoms with van der Waals surface area (Å²) in [7, 11) is 3.24. The Kier molecular flexibility index (Phi) is 5.73. The van der Waals surface area contributed by atoms with E-state index in [0.717, 1.165) is 11.1 Å². The fourth-order valence-electron chi connectivity index (χ4n) is 2.30. The van der Waals surface area contributed by atoms with Gasteiger partial charge in [0, 0.05) is 19.2 Å². The normalized spacial score (nSPS) is 10.6. The molecule has 2 aromatic carbocycles. The third kappa shape index (κ3) is 4.44. The molecule has 24 heavy (non-hydrogen) atoms. The quantitative estimate of drug-likeness (QED) is 0.804. The molecule has 1 amide bonds. The zero-order valence-electron chi connectivity index (χ0n) is 13.8. The van der Waals surface area contributed by atoms with Crippen LogP contribution in [-0.4, -0.2) is 31.6 Å². The van der Waals surface area contributed by atoms with Gasteiger partial charge in [0.25, 0.3) is 5.91 Å². The molecule has 0 spiro atoms. The Bertz CT molecular complexity index is 702. The van der Waals surface area contributed by atoms with Crippen LogP contribution in [0.2, 0.25) is 0 Å². The van der Waals surface area contributed by atoms with Crippen LogP contribution in [0.15, 0.2) is 42.5 Å². The number of halogens is 2. The van der Waals surface area contributed by atoms with E-state index >= 15 is 0 Å². The van der Waals surface area contributed by atoms with E-state index in [1.54, 1.807) is 43.3 Å². The molecule has 4 nitrogen and oxygen atoms in total. The van der Waals surface area contributed by atoms with Crippen molar-refractivity contribution in [2.45, 2.75) is 20.1 Å². The summed E-state index contributed by atoms with van der Waals surface area (Å²) in [4.78, 5) is 14.0. The first-order valence-electron chi connectivity index (χ1n) is 7.34. The molecule has 0 bridgehead atoms. The second-order valence-electron chi connectivity index (χ2n) is 5.37. The average molecular weight is 335 g/mol. The van der Waals surface area contributed by atoms with Crippen molar-refractivity contribution in [3.05, 3.63) is 59.2 Å². The van der Waals surface area contributed by atoms with Crippen LogP contribution in [0.25, 0.3) is 0 Å². The summed E-state index contributed by atoms with van der Waals surface area (Å²) in [6.07, 6.45) is 0. The lowest BCUT2D eigenvalue weighted by atomic mass is 10.1. The van der Waals surface area contributed by atoms with Crippen molar-refractivity contribution in [1.82, 2.24) is 4.90 Å². The molecule has 0 atom stereocenters. The predicted molar refractivity (Wildman–Crippen MR) is 86.6 cm³/mol. The van der Waals surface area contributed by atoms with Crippen molar-refractivity contribution in [1.29, 1.82) is 0 Å². The molecule has 6 heteroatoms. The Hall–Kier alpha value is -2.63. The highest BCUT2D eigenvalue weighted by molar-refractivity contribution is 5.94. The van der Waals surface area contributed by atoms with Crippen molar-refractivity contribution in [3.8, 4) is 11.5 Å². The molecule has 128 valence electrons. The number of methoxy groups -OCH3 is 1. The van der Waals surface area contributed by atoms with Crippen LogP contribution >= 0.6 is 0 Å². The highest BCUT2D eigenvalue weighted by Crippen LogP contribution is 2.21. The van der Waals surface area contributed by atoms with Crippen molar-refractivity contribution < 1.29 is 23.0 Å². The molecule has 0 aliphatic heterocycles. The second-order valence-corrected chi connectivity index (χ2v) is 5.37. The van der Waals surface area contributed by atoms with Crippen LogP contribution in [0.1, 0.15) is 21.5 Å². The van der Waals surface area contributed by atoms with Crippen molar-refractivity contribution in [3.63, 3.8) is 0 Å². The second kappa shape index (κ2) is 7.77. The lowest BCUT2D eigenvalue weighted by molar-refractivity contribution is -0.0498. The van der Waals surface area contributed by atoms with Gasteiger partial charge in [-0.1, -0.05) is 18.2 Å². The Morgan fingerprint density at radius 3 is 2.42 bits per heavy atom. The van der Waals surface area contributed by atoms with Crippen LogP contribution in [0, 0.1) is 6.92 Å². The first-order chi connectivity index (χ1) is 11.4. The van der Waals surface area contributed by atoms with E-state index < -0.39 is 6.61 Å². The fraction of sp³-hybridized carbons (Fsp3) is 0.278. The van der Waals surface area contributed by atoms with Gasteiger partial charge in [0.2, 0.25) is 0 Å². The summed E-state index contributed by atoms with van der Waals surface area (Å²) in [6.45, 7) is -0.597. The molecule has 0 aliphatic carbocycles. The van der Waals surface area contributed by atoms with E-state index in [0.29, 0.717) is 17.9 Å². The minimum Gasteiger partial charge on any atom is -0.496 e. The number of ether oxygens (including phenoxy) is 2. The molecule has 0 aliphatic rings. The number of nitrogens with zero attached hydrogens (tertiary/aromatic N) is 1. The minimum absolute atomic E-state index is 0.0889. The molecule has 2 rings (SSSR count). The van der Waals surface area contributed by atoms with E-state index in [1.165, 1.54) is 12.1 Å².